The number of benzene rings is 2. The van der Waals surface area contributed by atoms with E-state index >= 15 is 0 Å². The Balaban J connectivity index is 1.92. The lowest BCUT2D eigenvalue weighted by molar-refractivity contribution is 0.505. The van der Waals surface area contributed by atoms with Gasteiger partial charge in [-0.3, -0.25) is 4.68 Å². The SMILES string of the molecule is Cn1nc(CC(N)c2ccc(F)c(F)c2)c2ccccc21. The number of nitrogens with two attached hydrogens (primary N) is 1. The molecule has 1 aromatic heterocycles. The summed E-state index contributed by atoms with van der Waals surface area (Å²) >= 11 is 0. The van der Waals surface area contributed by atoms with Crippen LogP contribution in [0.4, 0.5) is 8.78 Å². The molecule has 0 aliphatic rings. The molecule has 0 aliphatic heterocycles. The van der Waals surface area contributed by atoms with E-state index in [0.717, 1.165) is 28.7 Å². The Morgan fingerprint density at radius 2 is 1.90 bits per heavy atom. The summed E-state index contributed by atoms with van der Waals surface area (Å²) in [5.74, 6) is -1.75. The van der Waals surface area contributed by atoms with Gasteiger partial charge in [0.25, 0.3) is 0 Å². The van der Waals surface area contributed by atoms with Gasteiger partial charge in [0, 0.05) is 24.9 Å². The van der Waals surface area contributed by atoms with Crippen LogP contribution in [0.3, 0.4) is 0 Å². The predicted octanol–water partition coefficient (Wildman–Crippen LogP) is 3.09. The van der Waals surface area contributed by atoms with Crippen molar-refractivity contribution in [3.63, 3.8) is 0 Å². The molecule has 0 saturated heterocycles. The van der Waals surface area contributed by atoms with Crippen LogP contribution in [0.25, 0.3) is 10.9 Å². The number of hydrogen-bond donors (Lipinski definition) is 1. The first-order valence-corrected chi connectivity index (χ1v) is 6.67. The maximum absolute atomic E-state index is 13.3. The molecule has 5 heteroatoms. The number of fused-ring (bicyclic) bond motifs is 1. The molecular formula is C16H15F2N3. The van der Waals surface area contributed by atoms with Crippen molar-refractivity contribution < 1.29 is 8.78 Å². The van der Waals surface area contributed by atoms with Crippen molar-refractivity contribution in [2.24, 2.45) is 12.8 Å². The molecule has 3 nitrogen and oxygen atoms in total. The van der Waals surface area contributed by atoms with Crippen LogP contribution in [0.1, 0.15) is 17.3 Å². The number of para-hydroxylation sites is 1. The van der Waals surface area contributed by atoms with Crippen molar-refractivity contribution in [2.75, 3.05) is 0 Å². The monoisotopic (exact) mass is 287 g/mol. The Bertz CT molecular complexity index is 795. The Labute approximate surface area is 121 Å². The number of aryl methyl sites for hydroxylation is 1. The van der Waals surface area contributed by atoms with E-state index in [1.165, 1.54) is 6.07 Å². The van der Waals surface area contributed by atoms with Gasteiger partial charge in [0.1, 0.15) is 0 Å². The van der Waals surface area contributed by atoms with Crippen LogP contribution in [-0.4, -0.2) is 9.78 Å². The van der Waals surface area contributed by atoms with E-state index in [4.69, 9.17) is 5.73 Å². The zero-order valence-electron chi connectivity index (χ0n) is 11.6. The Hall–Kier alpha value is -2.27. The normalized spacial score (nSPS) is 12.8. The van der Waals surface area contributed by atoms with Crippen molar-refractivity contribution in [1.29, 1.82) is 0 Å². The van der Waals surface area contributed by atoms with Crippen molar-refractivity contribution in [1.82, 2.24) is 9.78 Å². The van der Waals surface area contributed by atoms with Crippen molar-refractivity contribution in [3.8, 4) is 0 Å². The van der Waals surface area contributed by atoms with E-state index in [-0.39, 0.29) is 0 Å². The smallest absolute Gasteiger partial charge is 0.159 e. The van der Waals surface area contributed by atoms with Crippen LogP contribution >= 0.6 is 0 Å². The maximum atomic E-state index is 13.3. The highest BCUT2D eigenvalue weighted by Gasteiger charge is 2.15. The van der Waals surface area contributed by atoms with Crippen LogP contribution in [-0.2, 0) is 13.5 Å². The van der Waals surface area contributed by atoms with Crippen molar-refractivity contribution >= 4 is 10.9 Å². The Morgan fingerprint density at radius 3 is 2.67 bits per heavy atom. The molecular weight excluding hydrogens is 272 g/mol. The largest absolute Gasteiger partial charge is 0.324 e. The number of halogens is 2. The average Bonchev–Trinajstić information content (AvgIpc) is 2.79. The molecule has 0 fully saturated rings. The second-order valence-corrected chi connectivity index (χ2v) is 5.07. The summed E-state index contributed by atoms with van der Waals surface area (Å²) in [6.07, 6.45) is 0.465. The molecule has 0 bridgehead atoms. The summed E-state index contributed by atoms with van der Waals surface area (Å²) in [4.78, 5) is 0. The van der Waals surface area contributed by atoms with E-state index in [2.05, 4.69) is 5.10 Å². The van der Waals surface area contributed by atoms with Gasteiger partial charge >= 0.3 is 0 Å². The first kappa shape index (κ1) is 13.7. The van der Waals surface area contributed by atoms with Gasteiger partial charge in [-0.05, 0) is 23.8 Å². The molecule has 1 atom stereocenters. The fraction of sp³-hybridized carbons (Fsp3) is 0.188. The number of rotatable bonds is 3. The second kappa shape index (κ2) is 5.26. The second-order valence-electron chi connectivity index (χ2n) is 5.07. The highest BCUT2D eigenvalue weighted by Crippen LogP contribution is 2.23. The van der Waals surface area contributed by atoms with E-state index in [9.17, 15) is 8.78 Å². The minimum Gasteiger partial charge on any atom is -0.324 e. The summed E-state index contributed by atoms with van der Waals surface area (Å²) in [6, 6.07) is 11.2. The van der Waals surface area contributed by atoms with Crippen LogP contribution in [0, 0.1) is 11.6 Å². The van der Waals surface area contributed by atoms with Crippen LogP contribution in [0.5, 0.6) is 0 Å². The lowest BCUT2D eigenvalue weighted by Crippen LogP contribution is -2.14. The predicted molar refractivity (Wildman–Crippen MR) is 77.7 cm³/mol. The number of aromatic nitrogens is 2. The van der Waals surface area contributed by atoms with Gasteiger partial charge in [-0.1, -0.05) is 24.3 Å². The van der Waals surface area contributed by atoms with Crippen molar-refractivity contribution in [3.05, 3.63) is 65.4 Å². The summed E-state index contributed by atoms with van der Waals surface area (Å²) in [6.45, 7) is 0. The molecule has 2 aromatic carbocycles. The van der Waals surface area contributed by atoms with Gasteiger partial charge in [-0.25, -0.2) is 8.78 Å². The lowest BCUT2D eigenvalue weighted by Gasteiger charge is -2.11. The third-order valence-electron chi connectivity index (χ3n) is 3.62. The summed E-state index contributed by atoms with van der Waals surface area (Å²) in [5, 5.41) is 5.49. The first-order chi connectivity index (χ1) is 10.1. The highest BCUT2D eigenvalue weighted by atomic mass is 19.2. The van der Waals surface area contributed by atoms with Crippen LogP contribution < -0.4 is 5.73 Å². The third kappa shape index (κ3) is 2.52. The minimum atomic E-state index is -0.881. The van der Waals surface area contributed by atoms with Crippen molar-refractivity contribution in [2.45, 2.75) is 12.5 Å². The summed E-state index contributed by atoms with van der Waals surface area (Å²) in [7, 11) is 1.87. The molecule has 0 amide bonds. The van der Waals surface area contributed by atoms with E-state index in [1.807, 2.05) is 31.3 Å². The van der Waals surface area contributed by atoms with Gasteiger partial charge in [-0.2, -0.15) is 5.10 Å². The van der Waals surface area contributed by atoms with Gasteiger partial charge < -0.3 is 5.73 Å². The molecule has 1 unspecified atom stereocenters. The highest BCUT2D eigenvalue weighted by molar-refractivity contribution is 5.81. The van der Waals surface area contributed by atoms with E-state index < -0.39 is 17.7 Å². The molecule has 0 radical (unpaired) electrons. The zero-order valence-corrected chi connectivity index (χ0v) is 11.6. The maximum Gasteiger partial charge on any atom is 0.159 e. The molecule has 0 aliphatic carbocycles. The molecule has 3 aromatic rings. The van der Waals surface area contributed by atoms with E-state index in [1.54, 1.807) is 4.68 Å². The van der Waals surface area contributed by atoms with Gasteiger partial charge in [0.05, 0.1) is 11.2 Å². The molecule has 21 heavy (non-hydrogen) atoms. The molecule has 108 valence electrons. The summed E-state index contributed by atoms with van der Waals surface area (Å²) in [5.41, 5.74) is 8.54. The van der Waals surface area contributed by atoms with Gasteiger partial charge in [0.2, 0.25) is 0 Å². The average molecular weight is 287 g/mol. The van der Waals surface area contributed by atoms with Crippen LogP contribution in [0.15, 0.2) is 42.5 Å². The molecule has 2 N–H and O–H groups in total. The molecule has 0 spiro atoms. The topological polar surface area (TPSA) is 43.8 Å². The van der Waals surface area contributed by atoms with Gasteiger partial charge in [0.15, 0.2) is 11.6 Å². The Morgan fingerprint density at radius 1 is 1.14 bits per heavy atom. The quantitative estimate of drug-likeness (QED) is 0.804. The molecule has 3 rings (SSSR count). The number of nitrogens with zero attached hydrogens (tertiary/aromatic N) is 2. The fourth-order valence-electron chi connectivity index (χ4n) is 2.51. The van der Waals surface area contributed by atoms with Gasteiger partial charge in [-0.15, -0.1) is 0 Å². The lowest BCUT2D eigenvalue weighted by atomic mass is 10.0. The number of hydrogen-bond acceptors (Lipinski definition) is 2. The van der Waals surface area contributed by atoms with Crippen LogP contribution in [0.2, 0.25) is 0 Å². The Kier molecular flexibility index (Phi) is 3.43. The summed E-state index contributed by atoms with van der Waals surface area (Å²) < 4.78 is 28.0. The standard InChI is InChI=1S/C16H15F2N3/c1-21-16-5-3-2-4-11(16)15(20-21)9-14(19)10-6-7-12(17)13(18)8-10/h2-8,14H,9,19H2,1H3. The third-order valence-corrected chi connectivity index (χ3v) is 3.62. The minimum absolute atomic E-state index is 0.432. The molecule has 1 heterocycles. The molecule has 0 saturated carbocycles. The van der Waals surface area contributed by atoms with E-state index in [0.29, 0.717) is 12.0 Å². The first-order valence-electron chi connectivity index (χ1n) is 6.67. The fourth-order valence-corrected chi connectivity index (χ4v) is 2.51. The zero-order chi connectivity index (χ0) is 15.0.